The molecule has 17 heteroatoms. The van der Waals surface area contributed by atoms with Crippen molar-refractivity contribution in [3.8, 4) is 0 Å². The molecule has 1 saturated heterocycles. The Labute approximate surface area is 250 Å². The maximum absolute atomic E-state index is 13.4. The van der Waals surface area contributed by atoms with Crippen LogP contribution in [0.15, 0.2) is 5.38 Å². The lowest BCUT2D eigenvalue weighted by Crippen LogP contribution is -2.57. The minimum absolute atomic E-state index is 0.0281. The van der Waals surface area contributed by atoms with Gasteiger partial charge in [0.25, 0.3) is 5.91 Å². The number of nitrogens with one attached hydrogen (secondary N) is 5. The third-order valence-corrected chi connectivity index (χ3v) is 7.40. The first-order valence-electron chi connectivity index (χ1n) is 13.8. The van der Waals surface area contributed by atoms with E-state index in [9.17, 15) is 47.0 Å². The zero-order chi connectivity index (χ0) is 32.3. The number of aromatic nitrogens is 1. The Morgan fingerprint density at radius 1 is 1.09 bits per heavy atom. The van der Waals surface area contributed by atoms with Crippen LogP contribution >= 0.6 is 11.3 Å². The molecule has 1 aromatic rings. The van der Waals surface area contributed by atoms with E-state index in [1.807, 2.05) is 12.2 Å². The van der Waals surface area contributed by atoms with Gasteiger partial charge in [-0.1, -0.05) is 27.2 Å². The quantitative estimate of drug-likeness (QED) is 0.116. The average molecular weight is 635 g/mol. The van der Waals surface area contributed by atoms with Gasteiger partial charge in [-0.3, -0.25) is 24.0 Å². The first-order valence-corrected chi connectivity index (χ1v) is 14.7. The first kappa shape index (κ1) is 35.4. The molecule has 0 radical (unpaired) electrons. The molecule has 6 N–H and O–H groups in total. The first-order chi connectivity index (χ1) is 20.1. The van der Waals surface area contributed by atoms with E-state index in [0.717, 1.165) is 11.8 Å². The fourth-order valence-corrected chi connectivity index (χ4v) is 5.17. The standard InChI is InChI=1S/C26H37F3N6O7S/c1-4-5-7-30-24(40)20(36)15(10-14-6-8-31-21(14)37)32-22(38)16(9-13(2)3)33-23(39)17(34-25(41)42)11-19-35-18(12-43-19)26(27,28)29/h12-17,34H,4-11H2,1-3H3,(H,30,40)(H,31,37)(H,32,38)(H,33,39)(H,41,42)/t14-,15?,16?,17?/m0/s1. The number of halogens is 3. The minimum atomic E-state index is -4.73. The summed E-state index contributed by atoms with van der Waals surface area (Å²) >= 11 is 0.590. The zero-order valence-corrected chi connectivity index (χ0v) is 24.8. The third-order valence-electron chi connectivity index (χ3n) is 6.53. The third kappa shape index (κ3) is 11.4. The van der Waals surface area contributed by atoms with Crippen LogP contribution in [0.1, 0.15) is 63.6 Å². The normalized spacial score (nSPS) is 17.0. The van der Waals surface area contributed by atoms with E-state index in [0.29, 0.717) is 30.7 Å². The molecule has 1 aliphatic heterocycles. The number of carboxylic acid groups (broad SMARTS) is 1. The molecule has 0 spiro atoms. The fraction of sp³-hybridized carbons (Fsp3) is 0.654. The molecule has 0 bridgehead atoms. The number of hydrogen-bond acceptors (Lipinski definition) is 8. The van der Waals surface area contributed by atoms with Gasteiger partial charge in [0.1, 0.15) is 12.1 Å². The Morgan fingerprint density at radius 3 is 2.28 bits per heavy atom. The smallest absolute Gasteiger partial charge is 0.434 e. The van der Waals surface area contributed by atoms with E-state index in [1.165, 1.54) is 0 Å². The van der Waals surface area contributed by atoms with E-state index >= 15 is 0 Å². The van der Waals surface area contributed by atoms with Crippen LogP contribution < -0.4 is 26.6 Å². The van der Waals surface area contributed by atoms with Crippen molar-refractivity contribution in [1.29, 1.82) is 0 Å². The number of carbonyl (C=O) groups excluding carboxylic acids is 5. The van der Waals surface area contributed by atoms with Gasteiger partial charge in [-0.05, 0) is 31.6 Å². The minimum Gasteiger partial charge on any atom is -0.465 e. The highest BCUT2D eigenvalue weighted by molar-refractivity contribution is 7.09. The van der Waals surface area contributed by atoms with Crippen molar-refractivity contribution in [1.82, 2.24) is 31.6 Å². The van der Waals surface area contributed by atoms with Crippen molar-refractivity contribution < 1.29 is 47.0 Å². The summed E-state index contributed by atoms with van der Waals surface area (Å²) in [5, 5.41) is 21.7. The Kier molecular flexibility index (Phi) is 13.3. The zero-order valence-electron chi connectivity index (χ0n) is 24.0. The van der Waals surface area contributed by atoms with Crippen molar-refractivity contribution in [3.63, 3.8) is 0 Å². The van der Waals surface area contributed by atoms with Crippen molar-refractivity contribution in [2.45, 2.75) is 83.6 Å². The number of rotatable bonds is 16. The lowest BCUT2D eigenvalue weighted by molar-refractivity contribution is -0.141. The SMILES string of the molecule is CCCCNC(=O)C(=O)C(C[C@@H]1CCNC1=O)NC(=O)C(CC(C)C)NC(=O)C(Cc1nc(C(F)(F)F)cs1)NC(=O)O. The number of unbranched alkanes of at least 4 members (excludes halogenated alkanes) is 1. The highest BCUT2D eigenvalue weighted by atomic mass is 32.1. The monoisotopic (exact) mass is 634 g/mol. The number of thiazole rings is 1. The molecule has 0 saturated carbocycles. The van der Waals surface area contributed by atoms with Gasteiger partial charge >= 0.3 is 12.3 Å². The molecule has 1 aliphatic rings. The van der Waals surface area contributed by atoms with Crippen LogP contribution in [0.3, 0.4) is 0 Å². The van der Waals surface area contributed by atoms with Gasteiger partial charge in [0.05, 0.1) is 11.0 Å². The van der Waals surface area contributed by atoms with Gasteiger partial charge < -0.3 is 31.7 Å². The summed E-state index contributed by atoms with van der Waals surface area (Å²) in [6.07, 6.45) is -5.25. The Hall–Kier alpha value is -3.76. The highest BCUT2D eigenvalue weighted by Gasteiger charge is 2.37. The molecule has 13 nitrogen and oxygen atoms in total. The van der Waals surface area contributed by atoms with Gasteiger partial charge in [-0.2, -0.15) is 13.2 Å². The van der Waals surface area contributed by atoms with Crippen LogP contribution in [0.25, 0.3) is 0 Å². The van der Waals surface area contributed by atoms with Crippen LogP contribution in [-0.4, -0.2) is 76.8 Å². The Morgan fingerprint density at radius 2 is 1.74 bits per heavy atom. The summed E-state index contributed by atoms with van der Waals surface area (Å²) in [7, 11) is 0. The second kappa shape index (κ2) is 16.2. The van der Waals surface area contributed by atoms with Crippen molar-refractivity contribution in [2.75, 3.05) is 13.1 Å². The highest BCUT2D eigenvalue weighted by Crippen LogP contribution is 2.30. The van der Waals surface area contributed by atoms with E-state index in [-0.39, 0.29) is 36.2 Å². The number of nitrogens with zero attached hydrogens (tertiary/aromatic N) is 1. The van der Waals surface area contributed by atoms with Crippen LogP contribution in [0.2, 0.25) is 0 Å². The van der Waals surface area contributed by atoms with Gasteiger partial charge in [-0.25, -0.2) is 9.78 Å². The molecule has 5 amide bonds. The molecule has 2 rings (SSSR count). The molecular weight excluding hydrogens is 597 g/mol. The lowest BCUT2D eigenvalue weighted by Gasteiger charge is -2.26. The van der Waals surface area contributed by atoms with Crippen LogP contribution in [0.4, 0.5) is 18.0 Å². The number of hydrogen-bond donors (Lipinski definition) is 6. The van der Waals surface area contributed by atoms with Crippen LogP contribution in [-0.2, 0) is 36.6 Å². The summed E-state index contributed by atoms with van der Waals surface area (Å²) in [4.78, 5) is 79.1. The molecule has 0 aromatic carbocycles. The maximum atomic E-state index is 13.4. The van der Waals surface area contributed by atoms with E-state index in [1.54, 1.807) is 13.8 Å². The second-order valence-corrected chi connectivity index (χ2v) is 11.5. The van der Waals surface area contributed by atoms with Gasteiger partial charge in [0, 0.05) is 30.8 Å². The molecule has 43 heavy (non-hydrogen) atoms. The lowest BCUT2D eigenvalue weighted by atomic mass is 9.94. The molecule has 240 valence electrons. The Bertz CT molecular complexity index is 1180. The molecule has 2 heterocycles. The predicted molar refractivity (Wildman–Crippen MR) is 148 cm³/mol. The van der Waals surface area contributed by atoms with Crippen molar-refractivity contribution in [2.24, 2.45) is 11.8 Å². The molecule has 1 fully saturated rings. The maximum Gasteiger partial charge on any atom is 0.434 e. The number of alkyl halides is 3. The summed E-state index contributed by atoms with van der Waals surface area (Å²) < 4.78 is 38.9. The average Bonchev–Trinajstić information content (AvgIpc) is 3.55. The molecule has 4 atom stereocenters. The van der Waals surface area contributed by atoms with E-state index < -0.39 is 71.9 Å². The van der Waals surface area contributed by atoms with E-state index in [2.05, 4.69) is 26.3 Å². The summed E-state index contributed by atoms with van der Waals surface area (Å²) in [6.45, 7) is 5.97. The second-order valence-electron chi connectivity index (χ2n) is 10.6. The molecule has 1 aromatic heterocycles. The molecule has 0 aliphatic carbocycles. The number of Topliss-reactive ketones (excluding diaryl/α,β-unsaturated/α-hetero) is 1. The number of carbonyl (C=O) groups is 6. The summed E-state index contributed by atoms with van der Waals surface area (Å²) in [5.41, 5.74) is -1.19. The topological polar surface area (TPSA) is 196 Å². The van der Waals surface area contributed by atoms with Crippen LogP contribution in [0, 0.1) is 11.8 Å². The predicted octanol–water partition coefficient (Wildman–Crippen LogP) is 1.37. The van der Waals surface area contributed by atoms with Gasteiger partial charge in [0.2, 0.25) is 23.5 Å². The van der Waals surface area contributed by atoms with Crippen LogP contribution in [0.5, 0.6) is 0 Å². The Balaban J connectivity index is 2.24. The van der Waals surface area contributed by atoms with Crippen molar-refractivity contribution in [3.05, 3.63) is 16.1 Å². The molecule has 3 unspecified atom stereocenters. The number of amides is 5. The summed E-state index contributed by atoms with van der Waals surface area (Å²) in [5.74, 6) is -4.93. The van der Waals surface area contributed by atoms with Gasteiger partial charge in [-0.15, -0.1) is 11.3 Å². The molecular formula is C26H37F3N6O7S. The largest absolute Gasteiger partial charge is 0.465 e. The summed E-state index contributed by atoms with van der Waals surface area (Å²) in [6, 6.07) is -4.31. The fourth-order valence-electron chi connectivity index (χ4n) is 4.33. The van der Waals surface area contributed by atoms with Gasteiger partial charge in [0.15, 0.2) is 5.69 Å². The van der Waals surface area contributed by atoms with Crippen molar-refractivity contribution >= 4 is 46.8 Å². The number of ketones is 1. The van der Waals surface area contributed by atoms with E-state index in [4.69, 9.17) is 0 Å².